The minimum absolute atomic E-state index is 0.101. The molecule has 2 aromatic heterocycles. The average Bonchev–Trinajstić information content (AvgIpc) is 2.87. The summed E-state index contributed by atoms with van der Waals surface area (Å²) in [6.45, 7) is 2.43. The van der Waals surface area contributed by atoms with Crippen LogP contribution in [0.5, 0.6) is 0 Å². The number of alkyl halides is 3. The van der Waals surface area contributed by atoms with Crippen molar-refractivity contribution >= 4 is 17.6 Å². The van der Waals surface area contributed by atoms with Crippen LogP contribution < -0.4 is 14.7 Å². The molecule has 1 aliphatic rings. The summed E-state index contributed by atoms with van der Waals surface area (Å²) in [5.41, 5.74) is -0.929. The van der Waals surface area contributed by atoms with Gasteiger partial charge in [-0.05, 0) is 18.6 Å². The fourth-order valence-corrected chi connectivity index (χ4v) is 2.75. The summed E-state index contributed by atoms with van der Waals surface area (Å²) in [5, 5.41) is 7.97. The van der Waals surface area contributed by atoms with Crippen molar-refractivity contribution in [1.82, 2.24) is 20.2 Å². The first kappa shape index (κ1) is 18.2. The molecular formula is C16H20F3N7. The third-order valence-corrected chi connectivity index (χ3v) is 4.11. The van der Waals surface area contributed by atoms with Gasteiger partial charge in [0.25, 0.3) is 0 Å². The molecular weight excluding hydrogens is 347 g/mol. The maximum Gasteiger partial charge on any atom is 0.433 e. The van der Waals surface area contributed by atoms with Crippen molar-refractivity contribution in [2.45, 2.75) is 12.6 Å². The van der Waals surface area contributed by atoms with E-state index < -0.39 is 11.9 Å². The van der Waals surface area contributed by atoms with Crippen LogP contribution in [-0.4, -0.2) is 60.4 Å². The first-order valence-corrected chi connectivity index (χ1v) is 8.26. The first-order chi connectivity index (χ1) is 12.3. The Morgan fingerprint density at radius 3 is 2.42 bits per heavy atom. The smallest absolute Gasteiger partial charge is 0.363 e. The molecule has 3 heterocycles. The Morgan fingerprint density at radius 2 is 1.77 bits per heavy atom. The molecule has 0 amide bonds. The zero-order valence-corrected chi connectivity index (χ0v) is 14.6. The second-order valence-electron chi connectivity index (χ2n) is 6.21. The molecule has 0 radical (unpaired) electrons. The molecule has 0 unspecified atom stereocenters. The van der Waals surface area contributed by atoms with Gasteiger partial charge in [-0.25, -0.2) is 4.98 Å². The fraction of sp³-hybridized carbons (Fsp3) is 0.500. The van der Waals surface area contributed by atoms with E-state index in [0.29, 0.717) is 19.6 Å². The highest BCUT2D eigenvalue weighted by atomic mass is 19.4. The zero-order valence-electron chi connectivity index (χ0n) is 14.6. The molecule has 3 rings (SSSR count). The largest absolute Gasteiger partial charge is 0.433 e. The van der Waals surface area contributed by atoms with Crippen LogP contribution in [0.4, 0.5) is 30.8 Å². The van der Waals surface area contributed by atoms with Crippen LogP contribution in [0, 0.1) is 0 Å². The number of hydrogen-bond donors (Lipinski definition) is 0. The van der Waals surface area contributed by atoms with Crippen molar-refractivity contribution in [3.8, 4) is 0 Å². The van der Waals surface area contributed by atoms with Gasteiger partial charge < -0.3 is 14.7 Å². The van der Waals surface area contributed by atoms with Crippen molar-refractivity contribution in [3.05, 3.63) is 30.1 Å². The molecule has 7 nitrogen and oxygen atoms in total. The monoisotopic (exact) mass is 367 g/mol. The summed E-state index contributed by atoms with van der Waals surface area (Å²) in [6.07, 6.45) is -2.15. The zero-order chi connectivity index (χ0) is 18.7. The van der Waals surface area contributed by atoms with Crippen LogP contribution in [-0.2, 0) is 6.18 Å². The first-order valence-electron chi connectivity index (χ1n) is 8.26. The molecule has 2 aromatic rings. The number of halogens is 3. The summed E-state index contributed by atoms with van der Waals surface area (Å²) >= 11 is 0. The predicted molar refractivity (Wildman–Crippen MR) is 92.4 cm³/mol. The van der Waals surface area contributed by atoms with Gasteiger partial charge in [-0.1, -0.05) is 0 Å². The molecule has 0 aliphatic carbocycles. The molecule has 0 saturated carbocycles. The minimum Gasteiger partial charge on any atom is -0.363 e. The van der Waals surface area contributed by atoms with E-state index in [2.05, 4.69) is 25.1 Å². The van der Waals surface area contributed by atoms with E-state index in [1.165, 1.54) is 0 Å². The van der Waals surface area contributed by atoms with Gasteiger partial charge in [0.1, 0.15) is 5.82 Å². The standard InChI is InChI=1S/C16H20F3N7/c1-24(2)14-11-12(16(17,18)19)21-15(22-14)26-8-4-7-25(9-10-26)13-5-3-6-20-23-13/h3,5-6,11H,4,7-10H2,1-2H3. The Hall–Kier alpha value is -2.65. The minimum atomic E-state index is -4.51. The summed E-state index contributed by atoms with van der Waals surface area (Å²) in [5.74, 6) is 1.09. The van der Waals surface area contributed by atoms with E-state index >= 15 is 0 Å². The van der Waals surface area contributed by atoms with Gasteiger partial charge in [0.05, 0.1) is 0 Å². The maximum absolute atomic E-state index is 13.2. The van der Waals surface area contributed by atoms with Gasteiger partial charge >= 0.3 is 6.18 Å². The number of rotatable bonds is 3. The summed E-state index contributed by atoms with van der Waals surface area (Å²) in [4.78, 5) is 13.5. The SMILES string of the molecule is CN(C)c1cc(C(F)(F)F)nc(N2CCCN(c3cccnn3)CC2)n1. The number of hydrogen-bond acceptors (Lipinski definition) is 7. The lowest BCUT2D eigenvalue weighted by Crippen LogP contribution is -2.33. The molecule has 26 heavy (non-hydrogen) atoms. The van der Waals surface area contributed by atoms with Crippen molar-refractivity contribution in [2.75, 3.05) is 55.0 Å². The Labute approximate surface area is 149 Å². The van der Waals surface area contributed by atoms with Gasteiger partial charge in [0, 0.05) is 52.5 Å². The van der Waals surface area contributed by atoms with Gasteiger partial charge in [-0.3, -0.25) is 0 Å². The van der Waals surface area contributed by atoms with Crippen molar-refractivity contribution < 1.29 is 13.2 Å². The molecule has 0 spiro atoms. The Bertz CT molecular complexity index is 736. The van der Waals surface area contributed by atoms with E-state index in [1.807, 2.05) is 12.1 Å². The normalized spacial score (nSPS) is 15.7. The van der Waals surface area contributed by atoms with Crippen LogP contribution in [0.25, 0.3) is 0 Å². The Morgan fingerprint density at radius 1 is 1.04 bits per heavy atom. The van der Waals surface area contributed by atoms with Gasteiger partial charge in [-0.2, -0.15) is 23.3 Å². The Kier molecular flexibility index (Phi) is 5.10. The van der Waals surface area contributed by atoms with Crippen LogP contribution in [0.3, 0.4) is 0 Å². The molecule has 1 saturated heterocycles. The van der Waals surface area contributed by atoms with Gasteiger partial charge in [-0.15, -0.1) is 5.10 Å². The van der Waals surface area contributed by atoms with E-state index in [-0.39, 0.29) is 11.8 Å². The predicted octanol–water partition coefficient (Wildman–Crippen LogP) is 2.07. The third kappa shape index (κ3) is 4.12. The molecule has 1 fully saturated rings. The molecule has 10 heteroatoms. The summed E-state index contributed by atoms with van der Waals surface area (Å²) < 4.78 is 39.6. The lowest BCUT2D eigenvalue weighted by atomic mass is 10.3. The molecule has 0 atom stereocenters. The third-order valence-electron chi connectivity index (χ3n) is 4.11. The van der Waals surface area contributed by atoms with Crippen LogP contribution in [0.2, 0.25) is 0 Å². The van der Waals surface area contributed by atoms with Crippen molar-refractivity contribution in [1.29, 1.82) is 0 Å². The van der Waals surface area contributed by atoms with Crippen LogP contribution in [0.1, 0.15) is 12.1 Å². The molecule has 0 N–H and O–H groups in total. The highest BCUT2D eigenvalue weighted by Gasteiger charge is 2.34. The lowest BCUT2D eigenvalue weighted by molar-refractivity contribution is -0.141. The maximum atomic E-state index is 13.2. The highest BCUT2D eigenvalue weighted by Crippen LogP contribution is 2.31. The number of nitrogens with zero attached hydrogens (tertiary/aromatic N) is 7. The lowest BCUT2D eigenvalue weighted by Gasteiger charge is -2.24. The molecule has 0 bridgehead atoms. The van der Waals surface area contributed by atoms with E-state index in [1.54, 1.807) is 30.1 Å². The number of anilines is 3. The topological polar surface area (TPSA) is 61.3 Å². The number of aromatic nitrogens is 4. The van der Waals surface area contributed by atoms with Gasteiger partial charge in [0.2, 0.25) is 5.95 Å². The van der Waals surface area contributed by atoms with E-state index in [9.17, 15) is 13.2 Å². The highest BCUT2D eigenvalue weighted by molar-refractivity contribution is 5.46. The summed E-state index contributed by atoms with van der Waals surface area (Å²) in [6, 6.07) is 4.64. The Balaban J connectivity index is 1.83. The molecule has 0 aromatic carbocycles. The fourth-order valence-electron chi connectivity index (χ4n) is 2.75. The van der Waals surface area contributed by atoms with Crippen molar-refractivity contribution in [2.24, 2.45) is 0 Å². The average molecular weight is 367 g/mol. The van der Waals surface area contributed by atoms with Crippen molar-refractivity contribution in [3.63, 3.8) is 0 Å². The van der Waals surface area contributed by atoms with Gasteiger partial charge in [0.15, 0.2) is 11.5 Å². The summed E-state index contributed by atoms with van der Waals surface area (Å²) in [7, 11) is 3.31. The van der Waals surface area contributed by atoms with Crippen LogP contribution in [0.15, 0.2) is 24.4 Å². The van der Waals surface area contributed by atoms with E-state index in [0.717, 1.165) is 24.8 Å². The second kappa shape index (κ2) is 7.30. The van der Waals surface area contributed by atoms with E-state index in [4.69, 9.17) is 0 Å². The molecule has 1 aliphatic heterocycles. The molecule has 140 valence electrons. The van der Waals surface area contributed by atoms with Crippen LogP contribution >= 0.6 is 0 Å². The second-order valence-corrected chi connectivity index (χ2v) is 6.21. The quantitative estimate of drug-likeness (QED) is 0.823.